The first-order valence-electron chi connectivity index (χ1n) is 10.7. The van der Waals surface area contributed by atoms with Crippen molar-refractivity contribution in [2.75, 3.05) is 19.7 Å². The van der Waals surface area contributed by atoms with Gasteiger partial charge in [-0.3, -0.25) is 4.90 Å². The van der Waals surface area contributed by atoms with Crippen molar-refractivity contribution in [2.45, 2.75) is 39.0 Å². The molecule has 2 heterocycles. The topological polar surface area (TPSA) is 116 Å². The highest BCUT2D eigenvalue weighted by molar-refractivity contribution is 5.85. The smallest absolute Gasteiger partial charge is 0.258 e. The van der Waals surface area contributed by atoms with E-state index in [9.17, 15) is 10.4 Å². The molecule has 0 saturated heterocycles. The molecule has 1 atom stereocenters. The van der Waals surface area contributed by atoms with Crippen LogP contribution in [0, 0.1) is 11.3 Å². The van der Waals surface area contributed by atoms with Gasteiger partial charge in [0, 0.05) is 30.8 Å². The van der Waals surface area contributed by atoms with Crippen molar-refractivity contribution in [3.8, 4) is 34.7 Å². The Morgan fingerprint density at radius 2 is 2.09 bits per heavy atom. The normalized spacial score (nSPS) is 14.3. The van der Waals surface area contributed by atoms with Gasteiger partial charge in [0.1, 0.15) is 11.8 Å². The molecular formula is C24H27ClN4O4. The summed E-state index contributed by atoms with van der Waals surface area (Å²) in [6.45, 7) is 5.47. The maximum atomic E-state index is 9.75. The van der Waals surface area contributed by atoms with E-state index in [-0.39, 0.29) is 25.1 Å². The first-order chi connectivity index (χ1) is 15.5. The van der Waals surface area contributed by atoms with Gasteiger partial charge in [-0.25, -0.2) is 0 Å². The minimum Gasteiger partial charge on any atom is -0.490 e. The molecule has 2 aromatic carbocycles. The summed E-state index contributed by atoms with van der Waals surface area (Å²) in [7, 11) is 0. The van der Waals surface area contributed by atoms with E-state index in [1.807, 2.05) is 26.0 Å². The molecule has 1 aromatic heterocycles. The number of ether oxygens (including phenoxy) is 1. The third kappa shape index (κ3) is 5.52. The van der Waals surface area contributed by atoms with Crippen LogP contribution in [-0.4, -0.2) is 57.2 Å². The molecule has 0 radical (unpaired) electrons. The van der Waals surface area contributed by atoms with Gasteiger partial charge in [0.05, 0.1) is 24.4 Å². The van der Waals surface area contributed by atoms with E-state index in [0.717, 1.165) is 29.7 Å². The maximum Gasteiger partial charge on any atom is 0.258 e. The monoisotopic (exact) mass is 470 g/mol. The second-order valence-corrected chi connectivity index (χ2v) is 8.18. The van der Waals surface area contributed by atoms with Crippen molar-refractivity contribution in [1.29, 1.82) is 5.26 Å². The Kier molecular flexibility index (Phi) is 8.06. The highest BCUT2D eigenvalue weighted by atomic mass is 35.5. The van der Waals surface area contributed by atoms with Gasteiger partial charge in [0.25, 0.3) is 5.89 Å². The molecule has 174 valence electrons. The quantitative estimate of drug-likeness (QED) is 0.540. The highest BCUT2D eigenvalue weighted by Gasteiger charge is 2.23. The summed E-state index contributed by atoms with van der Waals surface area (Å²) in [5.74, 6) is 1.37. The van der Waals surface area contributed by atoms with E-state index >= 15 is 0 Å². The lowest BCUT2D eigenvalue weighted by Gasteiger charge is -2.30. The van der Waals surface area contributed by atoms with Crippen LogP contribution >= 0.6 is 12.4 Å². The largest absolute Gasteiger partial charge is 0.490 e. The third-order valence-corrected chi connectivity index (χ3v) is 5.40. The summed E-state index contributed by atoms with van der Waals surface area (Å²) < 4.78 is 11.2. The molecule has 0 bridgehead atoms. The van der Waals surface area contributed by atoms with E-state index in [0.29, 0.717) is 41.7 Å². The second kappa shape index (κ2) is 10.8. The predicted octanol–water partition coefficient (Wildman–Crippen LogP) is 3.20. The van der Waals surface area contributed by atoms with E-state index in [4.69, 9.17) is 14.4 Å². The van der Waals surface area contributed by atoms with E-state index in [1.54, 1.807) is 18.2 Å². The highest BCUT2D eigenvalue weighted by Crippen LogP contribution is 2.31. The molecule has 8 nitrogen and oxygen atoms in total. The van der Waals surface area contributed by atoms with Crippen LogP contribution in [0.15, 0.2) is 40.9 Å². The summed E-state index contributed by atoms with van der Waals surface area (Å²) in [6.07, 6.45) is 0.0121. The molecule has 33 heavy (non-hydrogen) atoms. The molecule has 1 aliphatic rings. The SMILES string of the molecule is CC(C)Oc1ccc(-c2nc(-c3cccc4c3CCN(C[C@@H](O)CO)C4)no2)cc1C#N.Cl. The van der Waals surface area contributed by atoms with E-state index < -0.39 is 6.10 Å². The van der Waals surface area contributed by atoms with Gasteiger partial charge < -0.3 is 19.5 Å². The minimum absolute atomic E-state index is 0. The average molecular weight is 471 g/mol. The lowest BCUT2D eigenvalue weighted by atomic mass is 9.94. The van der Waals surface area contributed by atoms with E-state index in [2.05, 4.69) is 27.2 Å². The Labute approximate surface area is 198 Å². The molecule has 9 heteroatoms. The number of benzene rings is 2. The van der Waals surface area contributed by atoms with Crippen LogP contribution in [0.2, 0.25) is 0 Å². The van der Waals surface area contributed by atoms with Crippen molar-refractivity contribution >= 4 is 12.4 Å². The number of aromatic nitrogens is 2. The number of rotatable bonds is 7. The third-order valence-electron chi connectivity index (χ3n) is 5.40. The van der Waals surface area contributed by atoms with Crippen molar-refractivity contribution < 1.29 is 19.5 Å². The van der Waals surface area contributed by atoms with Crippen LogP contribution in [-0.2, 0) is 13.0 Å². The fourth-order valence-electron chi connectivity index (χ4n) is 3.95. The Balaban J connectivity index is 0.00000306. The fraction of sp³-hybridized carbons (Fsp3) is 0.375. The van der Waals surface area contributed by atoms with E-state index in [1.165, 1.54) is 0 Å². The lowest BCUT2D eigenvalue weighted by molar-refractivity contribution is 0.0551. The van der Waals surface area contributed by atoms with Gasteiger partial charge in [0.15, 0.2) is 0 Å². The molecule has 3 aromatic rings. The summed E-state index contributed by atoms with van der Waals surface area (Å²) in [5, 5.41) is 32.5. The number of fused-ring (bicyclic) bond motifs is 1. The molecule has 0 amide bonds. The summed E-state index contributed by atoms with van der Waals surface area (Å²) in [5.41, 5.74) is 4.30. The van der Waals surface area contributed by atoms with Crippen LogP contribution in [0.25, 0.3) is 22.8 Å². The molecule has 0 unspecified atom stereocenters. The molecule has 4 rings (SSSR count). The number of nitrogens with zero attached hydrogens (tertiary/aromatic N) is 4. The number of hydrogen-bond donors (Lipinski definition) is 2. The van der Waals surface area contributed by atoms with Gasteiger partial charge >= 0.3 is 0 Å². The zero-order valence-electron chi connectivity index (χ0n) is 18.6. The van der Waals surface area contributed by atoms with Crippen molar-refractivity contribution in [1.82, 2.24) is 15.0 Å². The first kappa shape index (κ1) is 24.7. The Morgan fingerprint density at radius 1 is 1.27 bits per heavy atom. The van der Waals surface area contributed by atoms with Crippen molar-refractivity contribution in [3.05, 3.63) is 53.1 Å². The maximum absolute atomic E-state index is 9.75. The molecule has 0 aliphatic carbocycles. The number of halogens is 1. The number of aliphatic hydroxyl groups is 2. The number of hydrogen-bond acceptors (Lipinski definition) is 8. The van der Waals surface area contributed by atoms with Crippen molar-refractivity contribution in [2.24, 2.45) is 0 Å². The number of aliphatic hydroxyl groups excluding tert-OH is 2. The second-order valence-electron chi connectivity index (χ2n) is 8.18. The van der Waals surface area contributed by atoms with Gasteiger partial charge in [-0.15, -0.1) is 12.4 Å². The molecule has 0 spiro atoms. The zero-order valence-corrected chi connectivity index (χ0v) is 19.4. The van der Waals surface area contributed by atoms with Gasteiger partial charge in [-0.05, 0) is 49.6 Å². The molecule has 1 aliphatic heterocycles. The van der Waals surface area contributed by atoms with Gasteiger partial charge in [-0.2, -0.15) is 10.2 Å². The molecule has 2 N–H and O–H groups in total. The van der Waals surface area contributed by atoms with Crippen LogP contribution in [0.4, 0.5) is 0 Å². The summed E-state index contributed by atoms with van der Waals surface area (Å²) in [4.78, 5) is 6.71. The summed E-state index contributed by atoms with van der Waals surface area (Å²) >= 11 is 0. The Morgan fingerprint density at radius 3 is 2.82 bits per heavy atom. The van der Waals surface area contributed by atoms with Crippen LogP contribution in [0.3, 0.4) is 0 Å². The van der Waals surface area contributed by atoms with Crippen LogP contribution in [0.1, 0.15) is 30.5 Å². The Bertz CT molecular complexity index is 1140. The lowest BCUT2D eigenvalue weighted by Crippen LogP contribution is -2.38. The molecular weight excluding hydrogens is 444 g/mol. The van der Waals surface area contributed by atoms with Gasteiger partial charge in [-0.1, -0.05) is 23.4 Å². The fourth-order valence-corrected chi connectivity index (χ4v) is 3.95. The molecule has 0 fully saturated rings. The predicted molar refractivity (Wildman–Crippen MR) is 125 cm³/mol. The molecule has 0 saturated carbocycles. The zero-order chi connectivity index (χ0) is 22.7. The number of β-amino-alcohol motifs (C(OH)–C–C–N with tert-alkyl or cyclic N) is 1. The van der Waals surface area contributed by atoms with Gasteiger partial charge in [0.2, 0.25) is 5.82 Å². The average Bonchev–Trinajstić information content (AvgIpc) is 3.28. The number of nitriles is 1. The van der Waals surface area contributed by atoms with Crippen LogP contribution in [0.5, 0.6) is 5.75 Å². The first-order valence-corrected chi connectivity index (χ1v) is 10.7. The minimum atomic E-state index is -0.741. The van der Waals surface area contributed by atoms with Crippen LogP contribution < -0.4 is 4.74 Å². The van der Waals surface area contributed by atoms with Crippen molar-refractivity contribution in [3.63, 3.8) is 0 Å². The Hall–Kier alpha value is -2.96. The summed E-state index contributed by atoms with van der Waals surface area (Å²) in [6, 6.07) is 13.4. The standard InChI is InChI=1S/C24H26N4O4.ClH/c1-15(2)31-22-7-6-16(10-18(22)11-25)24-26-23(27-32-24)21-5-3-4-17-12-28(9-8-20(17)21)13-19(30)14-29;/h3-7,10,15,19,29-30H,8-9,12-14H2,1-2H3;1H/t19-;/m1./s1.